The molecule has 9 nitrogen and oxygen atoms in total. The first-order chi connectivity index (χ1) is 14.8. The van der Waals surface area contributed by atoms with Crippen LogP contribution in [0.5, 0.6) is 0 Å². The van der Waals surface area contributed by atoms with E-state index in [1.807, 2.05) is 0 Å². The van der Waals surface area contributed by atoms with Crippen LogP contribution in [0, 0.1) is 35.5 Å². The molecule has 0 saturated heterocycles. The van der Waals surface area contributed by atoms with E-state index in [0.29, 0.717) is 50.0 Å². The quantitative estimate of drug-likeness (QED) is 0.221. The molecule has 172 valence electrons. The summed E-state index contributed by atoms with van der Waals surface area (Å²) in [6.45, 7) is 4.26. The molecule has 0 radical (unpaired) electrons. The van der Waals surface area contributed by atoms with Crippen LogP contribution < -0.4 is 21.7 Å². The number of amides is 4. The zero-order valence-corrected chi connectivity index (χ0v) is 18.3. The minimum absolute atomic E-state index is 0.191. The van der Waals surface area contributed by atoms with Crippen LogP contribution in [0.1, 0.15) is 52.4 Å². The average Bonchev–Trinajstić information content (AvgIpc) is 3.35. The molecule has 2 aliphatic rings. The van der Waals surface area contributed by atoms with E-state index in [1.54, 1.807) is 13.8 Å². The number of alkyl carbamates (subject to hydrolysis) is 1. The van der Waals surface area contributed by atoms with Crippen LogP contribution >= 0.6 is 0 Å². The van der Waals surface area contributed by atoms with Crippen LogP contribution in [-0.4, -0.2) is 49.6 Å². The minimum Gasteiger partial charge on any atom is -0.449 e. The number of carbonyl (C=O) groups excluding carboxylic acids is 4. The topological polar surface area (TPSA) is 140 Å². The van der Waals surface area contributed by atoms with E-state index < -0.39 is 30.1 Å². The highest BCUT2D eigenvalue weighted by Gasteiger charge is 2.49. The smallest absolute Gasteiger partial charge is 0.407 e. The first kappa shape index (κ1) is 24.5. The number of urea groups is 1. The lowest BCUT2D eigenvalue weighted by atomic mass is 10.0. The second-order valence-corrected chi connectivity index (χ2v) is 8.57. The molecule has 4 atom stereocenters. The number of fused-ring (bicyclic) bond motifs is 1. The summed E-state index contributed by atoms with van der Waals surface area (Å²) in [5.41, 5.74) is 4.99. The molecule has 1 saturated carbocycles. The van der Waals surface area contributed by atoms with Crippen LogP contribution in [0.3, 0.4) is 0 Å². The average molecular weight is 435 g/mol. The molecule has 0 heterocycles. The predicted molar refractivity (Wildman–Crippen MR) is 115 cm³/mol. The van der Waals surface area contributed by atoms with Gasteiger partial charge in [-0.3, -0.25) is 4.79 Å². The van der Waals surface area contributed by atoms with Crippen molar-refractivity contribution in [2.24, 2.45) is 29.4 Å². The summed E-state index contributed by atoms with van der Waals surface area (Å²) in [6.07, 6.45) is 4.73. The maximum absolute atomic E-state index is 12.6. The highest BCUT2D eigenvalue weighted by molar-refractivity contribution is 5.87. The third-order valence-electron chi connectivity index (χ3n) is 5.95. The van der Waals surface area contributed by atoms with Gasteiger partial charge in [0.05, 0.1) is 12.6 Å². The van der Waals surface area contributed by atoms with Gasteiger partial charge in [0, 0.05) is 19.4 Å². The summed E-state index contributed by atoms with van der Waals surface area (Å²) in [4.78, 5) is 46.9. The highest BCUT2D eigenvalue weighted by Crippen LogP contribution is 2.52. The molecule has 4 unspecified atom stereocenters. The van der Waals surface area contributed by atoms with E-state index in [1.165, 1.54) is 0 Å². The van der Waals surface area contributed by atoms with Gasteiger partial charge in [-0.2, -0.15) is 0 Å². The van der Waals surface area contributed by atoms with Crippen molar-refractivity contribution in [1.82, 2.24) is 16.0 Å². The van der Waals surface area contributed by atoms with E-state index in [0.717, 1.165) is 25.7 Å². The lowest BCUT2D eigenvalue weighted by molar-refractivity contribution is -0.126. The molecule has 0 aromatic carbocycles. The van der Waals surface area contributed by atoms with Crippen molar-refractivity contribution in [3.63, 3.8) is 0 Å². The van der Waals surface area contributed by atoms with Gasteiger partial charge in [0.1, 0.15) is 12.3 Å². The standard InChI is InChI=1S/C22H34N4O5/c1-14(2)19(20(28)25-15(12-27)8-7-11-24-21(23)29)26-22(30)31-13-18-16-9-5-3-4-6-10-17(16)18/h12,14-19H,5-11,13H2,1-2H3,(H,25,28)(H,26,30)(H3,23,24,29). The van der Waals surface area contributed by atoms with Crippen LogP contribution in [0.2, 0.25) is 0 Å². The number of carbonyl (C=O) groups is 4. The third-order valence-corrected chi connectivity index (χ3v) is 5.95. The summed E-state index contributed by atoms with van der Waals surface area (Å²) in [7, 11) is 0. The normalized spacial score (nSPS) is 23.5. The Morgan fingerprint density at radius 2 is 1.77 bits per heavy atom. The van der Waals surface area contributed by atoms with Gasteiger partial charge in [-0.1, -0.05) is 13.8 Å². The summed E-state index contributed by atoms with van der Waals surface area (Å²) in [6, 6.07) is -2.18. The molecule has 5 N–H and O–H groups in total. The number of hydrogen-bond donors (Lipinski definition) is 4. The van der Waals surface area contributed by atoms with Gasteiger partial charge < -0.3 is 31.2 Å². The first-order valence-corrected chi connectivity index (χ1v) is 11.0. The lowest BCUT2D eigenvalue weighted by Crippen LogP contribution is -2.52. The molecule has 0 aromatic rings. The number of aldehydes is 1. The molecule has 2 rings (SSSR count). The number of ether oxygens (including phenoxy) is 1. The number of primary amides is 1. The number of rotatable bonds is 11. The van der Waals surface area contributed by atoms with Crippen molar-refractivity contribution in [2.45, 2.75) is 64.5 Å². The summed E-state index contributed by atoms with van der Waals surface area (Å²) < 4.78 is 5.41. The predicted octanol–water partition coefficient (Wildman–Crippen LogP) is 1.31. The summed E-state index contributed by atoms with van der Waals surface area (Å²) in [5.74, 6) is 7.19. The first-order valence-electron chi connectivity index (χ1n) is 11.0. The Hall–Kier alpha value is -2.76. The van der Waals surface area contributed by atoms with Gasteiger partial charge in [-0.05, 0) is 49.4 Å². The molecule has 0 aromatic heterocycles. The van der Waals surface area contributed by atoms with E-state index in [4.69, 9.17) is 10.5 Å². The lowest BCUT2D eigenvalue weighted by Gasteiger charge is -2.23. The zero-order valence-electron chi connectivity index (χ0n) is 18.3. The van der Waals surface area contributed by atoms with E-state index in [2.05, 4.69) is 27.8 Å². The maximum Gasteiger partial charge on any atom is 0.407 e. The van der Waals surface area contributed by atoms with Crippen LogP contribution in [0.4, 0.5) is 9.59 Å². The van der Waals surface area contributed by atoms with Crippen molar-refractivity contribution < 1.29 is 23.9 Å². The SMILES string of the molecule is CC(C)C(NC(=O)OCC1C2CCC#CCCC21)C(=O)NC(C=O)CCCNC(N)=O. The van der Waals surface area contributed by atoms with Crippen molar-refractivity contribution in [3.8, 4) is 11.8 Å². The molecular formula is C22H34N4O5. The highest BCUT2D eigenvalue weighted by atomic mass is 16.5. The third kappa shape index (κ3) is 8.12. The zero-order chi connectivity index (χ0) is 22.8. The molecular weight excluding hydrogens is 400 g/mol. The van der Waals surface area contributed by atoms with E-state index >= 15 is 0 Å². The number of hydrogen-bond acceptors (Lipinski definition) is 5. The molecule has 4 amide bonds. The number of nitrogens with one attached hydrogen (secondary N) is 3. The van der Waals surface area contributed by atoms with Crippen LogP contribution in [-0.2, 0) is 14.3 Å². The fraction of sp³-hybridized carbons (Fsp3) is 0.727. The maximum atomic E-state index is 12.6. The molecule has 2 aliphatic carbocycles. The second-order valence-electron chi connectivity index (χ2n) is 8.57. The Labute approximate surface area is 183 Å². The Kier molecular flexibility index (Phi) is 9.63. The van der Waals surface area contributed by atoms with Crippen molar-refractivity contribution in [2.75, 3.05) is 13.2 Å². The minimum atomic E-state index is -0.819. The Morgan fingerprint density at radius 3 is 2.32 bits per heavy atom. The van der Waals surface area contributed by atoms with E-state index in [-0.39, 0.29) is 5.92 Å². The molecule has 0 bridgehead atoms. The Bertz CT molecular complexity index is 696. The Morgan fingerprint density at radius 1 is 1.13 bits per heavy atom. The fourth-order valence-electron chi connectivity index (χ4n) is 4.14. The molecule has 9 heteroatoms. The second kappa shape index (κ2) is 12.2. The number of nitrogens with two attached hydrogens (primary N) is 1. The van der Waals surface area contributed by atoms with Crippen molar-refractivity contribution >= 4 is 24.3 Å². The molecule has 31 heavy (non-hydrogen) atoms. The molecule has 0 aliphatic heterocycles. The van der Waals surface area contributed by atoms with Gasteiger partial charge in [0.25, 0.3) is 0 Å². The summed E-state index contributed by atoms with van der Waals surface area (Å²) in [5, 5.41) is 7.70. The van der Waals surface area contributed by atoms with Gasteiger partial charge in [0.15, 0.2) is 0 Å². The van der Waals surface area contributed by atoms with Crippen molar-refractivity contribution in [1.29, 1.82) is 0 Å². The van der Waals surface area contributed by atoms with Crippen LogP contribution in [0.25, 0.3) is 0 Å². The van der Waals surface area contributed by atoms with Crippen LogP contribution in [0.15, 0.2) is 0 Å². The van der Waals surface area contributed by atoms with Gasteiger partial charge >= 0.3 is 12.1 Å². The monoisotopic (exact) mass is 434 g/mol. The molecule has 1 fully saturated rings. The molecule has 0 spiro atoms. The fourth-order valence-corrected chi connectivity index (χ4v) is 4.14. The van der Waals surface area contributed by atoms with E-state index in [9.17, 15) is 19.2 Å². The van der Waals surface area contributed by atoms with Gasteiger partial charge in [-0.25, -0.2) is 9.59 Å². The Balaban J connectivity index is 1.76. The van der Waals surface area contributed by atoms with Gasteiger partial charge in [0.2, 0.25) is 5.91 Å². The van der Waals surface area contributed by atoms with Crippen molar-refractivity contribution in [3.05, 3.63) is 0 Å². The summed E-state index contributed by atoms with van der Waals surface area (Å²) >= 11 is 0. The largest absolute Gasteiger partial charge is 0.449 e. The van der Waals surface area contributed by atoms with Gasteiger partial charge in [-0.15, -0.1) is 11.8 Å².